The maximum Gasteiger partial charge on any atom is 0.311 e. The quantitative estimate of drug-likeness (QED) is 0.325. The average Bonchev–Trinajstić information content (AvgIpc) is 3.02. The summed E-state index contributed by atoms with van der Waals surface area (Å²) >= 11 is 3.27. The Morgan fingerprint density at radius 1 is 1.32 bits per heavy atom. The minimum atomic E-state index is -0.490. The fourth-order valence-electron chi connectivity index (χ4n) is 2.75. The molecule has 3 N–H and O–H groups in total. The van der Waals surface area contributed by atoms with E-state index in [1.165, 1.54) is 12.4 Å². The zero-order chi connectivity index (χ0) is 20.1. The van der Waals surface area contributed by atoms with Crippen LogP contribution < -0.4 is 11.1 Å². The zero-order valence-electron chi connectivity index (χ0n) is 14.7. The number of halogens is 1. The molecule has 1 aromatic carbocycles. The first-order chi connectivity index (χ1) is 13.5. The largest absolute Gasteiger partial charge is 0.382 e. The van der Waals surface area contributed by atoms with Crippen molar-refractivity contribution < 1.29 is 4.92 Å². The molecule has 0 aliphatic heterocycles. The SMILES string of the molecule is N#Cc1c(CCCNc2c(Br)cncc2[N+](=O)[O-])nn(-c2ccccc2)c1N. The lowest BCUT2D eigenvalue weighted by Crippen LogP contribution is -2.07. The van der Waals surface area contributed by atoms with Crippen LogP contribution in [0.3, 0.4) is 0 Å². The Morgan fingerprint density at radius 2 is 2.07 bits per heavy atom. The van der Waals surface area contributed by atoms with Crippen LogP contribution in [0.4, 0.5) is 17.2 Å². The van der Waals surface area contributed by atoms with Gasteiger partial charge in [0.1, 0.15) is 29.3 Å². The lowest BCUT2D eigenvalue weighted by Gasteiger charge is -2.08. The van der Waals surface area contributed by atoms with Crippen LogP contribution in [0.2, 0.25) is 0 Å². The number of nitro groups is 1. The molecule has 2 aromatic heterocycles. The molecule has 3 rings (SSSR count). The van der Waals surface area contributed by atoms with Gasteiger partial charge >= 0.3 is 5.69 Å². The predicted molar refractivity (Wildman–Crippen MR) is 108 cm³/mol. The predicted octanol–water partition coefficient (Wildman–Crippen LogP) is 3.44. The van der Waals surface area contributed by atoms with E-state index in [1.54, 1.807) is 4.68 Å². The molecule has 142 valence electrons. The van der Waals surface area contributed by atoms with Crippen molar-refractivity contribution in [1.82, 2.24) is 14.8 Å². The summed E-state index contributed by atoms with van der Waals surface area (Å²) in [6, 6.07) is 11.4. The van der Waals surface area contributed by atoms with Gasteiger partial charge < -0.3 is 11.1 Å². The fourth-order valence-corrected chi connectivity index (χ4v) is 3.21. The number of hydrogen-bond donors (Lipinski definition) is 2. The van der Waals surface area contributed by atoms with Gasteiger partial charge in [-0.3, -0.25) is 15.1 Å². The van der Waals surface area contributed by atoms with Crippen molar-refractivity contribution in [3.63, 3.8) is 0 Å². The highest BCUT2D eigenvalue weighted by atomic mass is 79.9. The van der Waals surface area contributed by atoms with Crippen molar-refractivity contribution in [2.45, 2.75) is 12.8 Å². The Hall–Kier alpha value is -3.45. The molecule has 0 radical (unpaired) electrons. The summed E-state index contributed by atoms with van der Waals surface area (Å²) in [7, 11) is 0. The van der Waals surface area contributed by atoms with Gasteiger partial charge in [0.15, 0.2) is 0 Å². The monoisotopic (exact) mass is 441 g/mol. The molecule has 0 saturated heterocycles. The molecule has 0 amide bonds. The molecule has 0 aliphatic carbocycles. The molecular formula is C18H16BrN7O2. The van der Waals surface area contributed by atoms with E-state index in [0.29, 0.717) is 46.6 Å². The standard InChI is InChI=1S/C18H16BrN7O2/c19-14-10-22-11-16(26(27)28)17(14)23-8-4-7-15-13(9-20)18(21)25(24-15)12-5-2-1-3-6-12/h1-3,5-6,10-11H,4,7-8,21H2,(H,22,23). The summed E-state index contributed by atoms with van der Waals surface area (Å²) in [4.78, 5) is 14.5. The fraction of sp³-hybridized carbons (Fsp3) is 0.167. The summed E-state index contributed by atoms with van der Waals surface area (Å²) in [5.74, 6) is 0.296. The number of rotatable bonds is 7. The molecule has 10 heteroatoms. The van der Waals surface area contributed by atoms with Crippen molar-refractivity contribution in [1.29, 1.82) is 5.26 Å². The second kappa shape index (κ2) is 8.49. The summed E-state index contributed by atoms with van der Waals surface area (Å²) in [5, 5.41) is 28.1. The van der Waals surface area contributed by atoms with Crippen LogP contribution >= 0.6 is 15.9 Å². The summed E-state index contributed by atoms with van der Waals surface area (Å²) in [6.45, 7) is 0.451. The number of nitrogen functional groups attached to an aromatic ring is 1. The summed E-state index contributed by atoms with van der Waals surface area (Å²) in [6.07, 6.45) is 3.79. The third kappa shape index (κ3) is 3.94. The first-order valence-corrected chi connectivity index (χ1v) is 9.17. The highest BCUT2D eigenvalue weighted by molar-refractivity contribution is 9.10. The third-order valence-corrected chi connectivity index (χ3v) is 4.68. The van der Waals surface area contributed by atoms with Gasteiger partial charge in [-0.1, -0.05) is 18.2 Å². The Morgan fingerprint density at radius 3 is 2.75 bits per heavy atom. The molecule has 2 heterocycles. The smallest absolute Gasteiger partial charge is 0.311 e. The van der Waals surface area contributed by atoms with E-state index in [-0.39, 0.29) is 5.69 Å². The van der Waals surface area contributed by atoms with Crippen LogP contribution in [0.5, 0.6) is 0 Å². The van der Waals surface area contributed by atoms with Crippen LogP contribution in [0.25, 0.3) is 5.69 Å². The van der Waals surface area contributed by atoms with E-state index >= 15 is 0 Å². The van der Waals surface area contributed by atoms with Crippen molar-refractivity contribution in [3.8, 4) is 11.8 Å². The van der Waals surface area contributed by atoms with Crippen molar-refractivity contribution in [2.24, 2.45) is 0 Å². The number of nitrogens with zero attached hydrogens (tertiary/aromatic N) is 5. The van der Waals surface area contributed by atoms with Gasteiger partial charge in [0, 0.05) is 12.7 Å². The Balaban J connectivity index is 1.71. The van der Waals surface area contributed by atoms with Gasteiger partial charge in [-0.2, -0.15) is 10.4 Å². The van der Waals surface area contributed by atoms with E-state index in [2.05, 4.69) is 37.4 Å². The number of benzene rings is 1. The van der Waals surface area contributed by atoms with Gasteiger partial charge in [0.2, 0.25) is 0 Å². The zero-order valence-corrected chi connectivity index (χ0v) is 16.3. The van der Waals surface area contributed by atoms with Crippen molar-refractivity contribution in [3.05, 3.63) is 68.6 Å². The normalized spacial score (nSPS) is 10.4. The number of aryl methyl sites for hydroxylation is 1. The number of pyridine rings is 1. The van der Waals surface area contributed by atoms with Crippen LogP contribution in [0, 0.1) is 21.4 Å². The number of nitriles is 1. The van der Waals surface area contributed by atoms with Gasteiger partial charge in [-0.15, -0.1) is 0 Å². The number of aromatic nitrogens is 3. The number of anilines is 2. The van der Waals surface area contributed by atoms with Crippen molar-refractivity contribution >= 4 is 33.1 Å². The Bertz CT molecular complexity index is 1040. The lowest BCUT2D eigenvalue weighted by atomic mass is 10.1. The second-order valence-corrected chi connectivity index (χ2v) is 6.72. The van der Waals surface area contributed by atoms with E-state index in [1.807, 2.05) is 30.3 Å². The summed E-state index contributed by atoms with van der Waals surface area (Å²) < 4.78 is 2.06. The van der Waals surface area contributed by atoms with Crippen LogP contribution in [0.15, 0.2) is 47.2 Å². The first kappa shape index (κ1) is 19.3. The highest BCUT2D eigenvalue weighted by Crippen LogP contribution is 2.31. The lowest BCUT2D eigenvalue weighted by molar-refractivity contribution is -0.384. The number of para-hydroxylation sites is 1. The maximum atomic E-state index is 11.1. The van der Waals surface area contributed by atoms with E-state index in [0.717, 1.165) is 5.69 Å². The van der Waals surface area contributed by atoms with Gasteiger partial charge in [0.05, 0.1) is 20.8 Å². The van der Waals surface area contributed by atoms with E-state index < -0.39 is 4.92 Å². The molecule has 0 unspecified atom stereocenters. The van der Waals surface area contributed by atoms with Gasteiger partial charge in [-0.25, -0.2) is 4.68 Å². The average molecular weight is 442 g/mol. The van der Waals surface area contributed by atoms with Crippen molar-refractivity contribution in [2.75, 3.05) is 17.6 Å². The molecule has 3 aromatic rings. The second-order valence-electron chi connectivity index (χ2n) is 5.87. The Labute approximate surface area is 169 Å². The van der Waals surface area contributed by atoms with E-state index in [9.17, 15) is 15.4 Å². The maximum absolute atomic E-state index is 11.1. The molecule has 0 atom stereocenters. The molecule has 28 heavy (non-hydrogen) atoms. The number of hydrogen-bond acceptors (Lipinski definition) is 7. The summed E-state index contributed by atoms with van der Waals surface area (Å²) in [5.41, 5.74) is 8.07. The molecule has 0 aliphatic rings. The minimum absolute atomic E-state index is 0.107. The van der Waals surface area contributed by atoms with Crippen LogP contribution in [0.1, 0.15) is 17.7 Å². The van der Waals surface area contributed by atoms with Crippen LogP contribution in [-0.4, -0.2) is 26.2 Å². The van der Waals surface area contributed by atoms with Gasteiger partial charge in [0.25, 0.3) is 0 Å². The molecular weight excluding hydrogens is 426 g/mol. The topological polar surface area (TPSA) is 136 Å². The molecule has 0 bridgehead atoms. The van der Waals surface area contributed by atoms with E-state index in [4.69, 9.17) is 5.73 Å². The molecule has 0 saturated carbocycles. The van der Waals surface area contributed by atoms with Gasteiger partial charge in [-0.05, 0) is 40.9 Å². The number of nitrogens with two attached hydrogens (primary N) is 1. The minimum Gasteiger partial charge on any atom is -0.382 e. The third-order valence-electron chi connectivity index (χ3n) is 4.07. The molecule has 0 spiro atoms. The molecule has 0 fully saturated rings. The highest BCUT2D eigenvalue weighted by Gasteiger charge is 2.18. The molecule has 9 nitrogen and oxygen atoms in total. The van der Waals surface area contributed by atoms with Crippen LogP contribution in [-0.2, 0) is 6.42 Å². The number of nitrogens with one attached hydrogen (secondary N) is 1. The first-order valence-electron chi connectivity index (χ1n) is 8.37. The Kier molecular flexibility index (Phi) is 5.86.